The van der Waals surface area contributed by atoms with Crippen LogP contribution in [-0.4, -0.2) is 22.0 Å². The van der Waals surface area contributed by atoms with Crippen LogP contribution < -0.4 is 5.32 Å². The van der Waals surface area contributed by atoms with Crippen LogP contribution in [0, 0.1) is 17.8 Å². The molecule has 1 heterocycles. The van der Waals surface area contributed by atoms with Gasteiger partial charge in [0.2, 0.25) is 5.91 Å². The Bertz CT molecular complexity index is 584. The van der Waals surface area contributed by atoms with E-state index in [9.17, 15) is 14.7 Å². The van der Waals surface area contributed by atoms with Crippen LogP contribution in [-0.2, 0) is 22.4 Å². The molecule has 3 atom stereocenters. The summed E-state index contributed by atoms with van der Waals surface area (Å²) in [6, 6.07) is 0. The lowest BCUT2D eigenvalue weighted by Gasteiger charge is -2.26. The van der Waals surface area contributed by atoms with Gasteiger partial charge in [0.1, 0.15) is 0 Å². The molecule has 1 fully saturated rings. The van der Waals surface area contributed by atoms with Crippen molar-refractivity contribution in [3.8, 4) is 0 Å². The summed E-state index contributed by atoms with van der Waals surface area (Å²) >= 11 is 1.55. The van der Waals surface area contributed by atoms with Crippen molar-refractivity contribution in [1.29, 1.82) is 0 Å². The lowest BCUT2D eigenvalue weighted by Crippen LogP contribution is -2.36. The molecule has 0 aliphatic heterocycles. The van der Waals surface area contributed by atoms with Gasteiger partial charge in [-0.15, -0.1) is 11.3 Å². The highest BCUT2D eigenvalue weighted by atomic mass is 32.1. The highest BCUT2D eigenvalue weighted by molar-refractivity contribution is 7.15. The van der Waals surface area contributed by atoms with E-state index in [1.807, 2.05) is 0 Å². The zero-order chi connectivity index (χ0) is 15.7. The number of carboxylic acid groups (broad SMARTS) is 1. The number of nitrogens with one attached hydrogen (secondary N) is 1. The second kappa shape index (κ2) is 6.36. The molecule has 1 saturated carbocycles. The zero-order valence-corrected chi connectivity index (χ0v) is 13.6. The number of aromatic nitrogens is 1. The molecule has 22 heavy (non-hydrogen) atoms. The fourth-order valence-corrected chi connectivity index (χ4v) is 4.71. The van der Waals surface area contributed by atoms with E-state index in [4.69, 9.17) is 0 Å². The van der Waals surface area contributed by atoms with Crippen LogP contribution >= 0.6 is 11.3 Å². The third-order valence-corrected chi connectivity index (χ3v) is 5.87. The van der Waals surface area contributed by atoms with Crippen molar-refractivity contribution in [2.24, 2.45) is 17.8 Å². The van der Waals surface area contributed by atoms with Gasteiger partial charge in [0.05, 0.1) is 17.5 Å². The summed E-state index contributed by atoms with van der Waals surface area (Å²) in [4.78, 5) is 29.6. The van der Waals surface area contributed by atoms with Gasteiger partial charge in [0, 0.05) is 4.88 Å². The minimum Gasteiger partial charge on any atom is -0.481 e. The molecule has 2 aliphatic rings. The van der Waals surface area contributed by atoms with E-state index in [-0.39, 0.29) is 5.91 Å². The minimum atomic E-state index is -0.855. The van der Waals surface area contributed by atoms with E-state index in [2.05, 4.69) is 17.2 Å². The first-order valence-corrected chi connectivity index (χ1v) is 8.88. The Morgan fingerprint density at radius 1 is 1.23 bits per heavy atom. The number of fused-ring (bicyclic) bond motifs is 1. The summed E-state index contributed by atoms with van der Waals surface area (Å²) in [6.45, 7) is 2.24. The number of aliphatic carboxylic acids is 1. The smallest absolute Gasteiger partial charge is 0.307 e. The van der Waals surface area contributed by atoms with E-state index in [0.29, 0.717) is 23.9 Å². The van der Waals surface area contributed by atoms with E-state index in [1.165, 1.54) is 4.88 Å². The summed E-state index contributed by atoms with van der Waals surface area (Å²) in [6.07, 6.45) is 6.23. The number of carbonyl (C=O) groups excluding carboxylic acids is 1. The molecule has 0 aromatic carbocycles. The molecule has 1 aromatic rings. The molecule has 120 valence electrons. The van der Waals surface area contributed by atoms with Crippen LogP contribution in [0.4, 0.5) is 5.13 Å². The lowest BCUT2D eigenvalue weighted by molar-refractivity contribution is -0.147. The van der Waals surface area contributed by atoms with E-state index in [1.54, 1.807) is 11.3 Å². The van der Waals surface area contributed by atoms with Gasteiger partial charge >= 0.3 is 5.97 Å². The van der Waals surface area contributed by atoms with Crippen molar-refractivity contribution in [2.75, 3.05) is 5.32 Å². The Morgan fingerprint density at radius 3 is 2.68 bits per heavy atom. The molecule has 1 amide bonds. The summed E-state index contributed by atoms with van der Waals surface area (Å²) < 4.78 is 0. The minimum absolute atomic E-state index is 0.175. The molecule has 0 bridgehead atoms. The van der Waals surface area contributed by atoms with Crippen molar-refractivity contribution >= 4 is 28.3 Å². The first kappa shape index (κ1) is 15.5. The number of hydrogen-bond donors (Lipinski definition) is 2. The molecule has 0 spiro atoms. The summed E-state index contributed by atoms with van der Waals surface area (Å²) in [5.41, 5.74) is 1.11. The molecular formula is C16H22N2O3S. The Hall–Kier alpha value is -1.43. The average molecular weight is 322 g/mol. The van der Waals surface area contributed by atoms with Crippen LogP contribution in [0.3, 0.4) is 0 Å². The maximum absolute atomic E-state index is 12.5. The van der Waals surface area contributed by atoms with Crippen LogP contribution in [0.2, 0.25) is 0 Å². The number of hydrogen-bond acceptors (Lipinski definition) is 4. The summed E-state index contributed by atoms with van der Waals surface area (Å²) in [5, 5.41) is 12.8. The van der Waals surface area contributed by atoms with Crippen LogP contribution in [0.25, 0.3) is 0 Å². The standard InChI is InChI=1S/C16H22N2O3S/c1-9-6-7-12-13(8-9)22-16(17-12)18-14(19)10-4-2-3-5-11(10)15(20)21/h9-11H,2-8H2,1H3,(H,20,21)(H,17,18,19)/t9-,10+,11-/m1/s1. The molecular weight excluding hydrogens is 300 g/mol. The number of carboxylic acids is 1. The molecule has 0 radical (unpaired) electrons. The van der Waals surface area contributed by atoms with Crippen molar-refractivity contribution < 1.29 is 14.7 Å². The number of nitrogens with zero attached hydrogens (tertiary/aromatic N) is 1. The number of carbonyl (C=O) groups is 2. The topological polar surface area (TPSA) is 79.3 Å². The largest absolute Gasteiger partial charge is 0.481 e. The third kappa shape index (κ3) is 3.16. The van der Waals surface area contributed by atoms with Crippen molar-refractivity contribution in [2.45, 2.75) is 51.9 Å². The van der Waals surface area contributed by atoms with E-state index >= 15 is 0 Å². The average Bonchev–Trinajstić information content (AvgIpc) is 2.88. The van der Waals surface area contributed by atoms with Crippen molar-refractivity contribution in [1.82, 2.24) is 4.98 Å². The van der Waals surface area contributed by atoms with Crippen LogP contribution in [0.1, 0.15) is 49.6 Å². The van der Waals surface area contributed by atoms with E-state index in [0.717, 1.165) is 37.8 Å². The SMILES string of the molecule is C[C@@H]1CCc2nc(NC(=O)[C@H]3CCCC[C@H]3C(=O)O)sc2C1. The Morgan fingerprint density at radius 2 is 1.95 bits per heavy atom. The van der Waals surface area contributed by atoms with Gasteiger partial charge in [-0.2, -0.15) is 0 Å². The third-order valence-electron chi connectivity index (χ3n) is 4.84. The fourth-order valence-electron chi connectivity index (χ4n) is 3.53. The Labute approximate surface area is 134 Å². The number of rotatable bonds is 3. The van der Waals surface area contributed by atoms with Gasteiger partial charge in [-0.1, -0.05) is 19.8 Å². The fraction of sp³-hybridized carbons (Fsp3) is 0.688. The predicted molar refractivity (Wildman–Crippen MR) is 85.0 cm³/mol. The maximum Gasteiger partial charge on any atom is 0.307 e. The Balaban J connectivity index is 1.70. The highest BCUT2D eigenvalue weighted by Crippen LogP contribution is 2.34. The van der Waals surface area contributed by atoms with Crippen LogP contribution in [0.15, 0.2) is 0 Å². The number of anilines is 1. The van der Waals surface area contributed by atoms with Gasteiger partial charge in [-0.05, 0) is 38.0 Å². The molecule has 3 rings (SSSR count). The molecule has 0 saturated heterocycles. The van der Waals surface area contributed by atoms with Gasteiger partial charge < -0.3 is 10.4 Å². The maximum atomic E-state index is 12.5. The van der Waals surface area contributed by atoms with E-state index < -0.39 is 17.8 Å². The molecule has 2 aliphatic carbocycles. The van der Waals surface area contributed by atoms with Crippen molar-refractivity contribution in [3.63, 3.8) is 0 Å². The van der Waals surface area contributed by atoms with Gasteiger partial charge in [0.25, 0.3) is 0 Å². The quantitative estimate of drug-likeness (QED) is 0.896. The van der Waals surface area contributed by atoms with Gasteiger partial charge in [0.15, 0.2) is 5.13 Å². The number of amides is 1. The summed E-state index contributed by atoms with van der Waals surface area (Å²) in [5.74, 6) is -1.33. The molecule has 6 heteroatoms. The molecule has 1 aromatic heterocycles. The number of aryl methyl sites for hydroxylation is 1. The number of thiazole rings is 1. The monoisotopic (exact) mass is 322 g/mol. The normalized spacial score (nSPS) is 28.0. The Kier molecular flexibility index (Phi) is 4.47. The zero-order valence-electron chi connectivity index (χ0n) is 12.8. The van der Waals surface area contributed by atoms with Gasteiger partial charge in [-0.3, -0.25) is 9.59 Å². The second-order valence-electron chi connectivity index (χ2n) is 6.56. The second-order valence-corrected chi connectivity index (χ2v) is 7.65. The highest BCUT2D eigenvalue weighted by Gasteiger charge is 2.36. The summed E-state index contributed by atoms with van der Waals surface area (Å²) in [7, 11) is 0. The first-order chi connectivity index (χ1) is 10.5. The van der Waals surface area contributed by atoms with Crippen LogP contribution in [0.5, 0.6) is 0 Å². The molecule has 2 N–H and O–H groups in total. The molecule has 0 unspecified atom stereocenters. The predicted octanol–water partition coefficient (Wildman–Crippen LogP) is 3.10. The molecule has 5 nitrogen and oxygen atoms in total. The van der Waals surface area contributed by atoms with Crippen molar-refractivity contribution in [3.05, 3.63) is 10.6 Å². The van der Waals surface area contributed by atoms with Gasteiger partial charge in [-0.25, -0.2) is 4.98 Å². The lowest BCUT2D eigenvalue weighted by atomic mass is 9.79. The first-order valence-electron chi connectivity index (χ1n) is 8.07.